The Labute approximate surface area is 133 Å². The summed E-state index contributed by atoms with van der Waals surface area (Å²) in [6, 6.07) is 6.53. The molecule has 0 aliphatic carbocycles. The number of carbonyl (C=O) groups is 1. The Kier molecular flexibility index (Phi) is 5.28. The van der Waals surface area contributed by atoms with Crippen LogP contribution in [0.25, 0.3) is 0 Å². The van der Waals surface area contributed by atoms with Crippen LogP contribution in [0.4, 0.5) is 5.69 Å². The molecule has 0 spiro atoms. The fourth-order valence-corrected chi connectivity index (χ4v) is 3.43. The third kappa shape index (κ3) is 4.90. The number of aromatic nitrogens is 1. The second kappa shape index (κ2) is 6.99. The van der Waals surface area contributed by atoms with Crippen LogP contribution in [0.2, 0.25) is 0 Å². The molecule has 0 radical (unpaired) electrons. The summed E-state index contributed by atoms with van der Waals surface area (Å²) in [4.78, 5) is 16.8. The number of amides is 1. The molecule has 1 heterocycles. The van der Waals surface area contributed by atoms with Gasteiger partial charge in [0.25, 0.3) is 5.91 Å². The number of nitrogens with zero attached hydrogens (tertiary/aromatic N) is 1. The van der Waals surface area contributed by atoms with Crippen molar-refractivity contribution in [1.82, 2.24) is 4.98 Å². The summed E-state index contributed by atoms with van der Waals surface area (Å²) < 4.78 is 22.0. The van der Waals surface area contributed by atoms with Gasteiger partial charge in [0.05, 0.1) is 17.0 Å². The first-order valence-electron chi connectivity index (χ1n) is 6.73. The summed E-state index contributed by atoms with van der Waals surface area (Å²) in [5.41, 5.74) is 1.16. The van der Waals surface area contributed by atoms with E-state index in [4.69, 9.17) is 5.14 Å². The third-order valence-corrected chi connectivity index (χ3v) is 4.61. The first-order valence-corrected chi connectivity index (χ1v) is 9.26. The van der Waals surface area contributed by atoms with Crippen molar-refractivity contribution in [2.75, 3.05) is 5.32 Å². The van der Waals surface area contributed by atoms with Crippen molar-refractivity contribution in [1.29, 1.82) is 0 Å². The zero-order chi connectivity index (χ0) is 16.2. The molecule has 1 aromatic heterocycles. The predicted octanol–water partition coefficient (Wildman–Crippen LogP) is 2.14. The van der Waals surface area contributed by atoms with Gasteiger partial charge in [0.2, 0.25) is 10.0 Å². The van der Waals surface area contributed by atoms with Crippen molar-refractivity contribution in [3.8, 4) is 0 Å². The van der Waals surface area contributed by atoms with Crippen molar-refractivity contribution >= 4 is 33.0 Å². The Morgan fingerprint density at radius 3 is 2.59 bits per heavy atom. The number of sulfonamides is 1. The van der Waals surface area contributed by atoms with E-state index in [1.807, 2.05) is 0 Å². The number of benzene rings is 1. The van der Waals surface area contributed by atoms with Crippen LogP contribution in [0.15, 0.2) is 30.5 Å². The first kappa shape index (κ1) is 16.6. The second-order valence-corrected chi connectivity index (χ2v) is 7.56. The van der Waals surface area contributed by atoms with Crippen LogP contribution in [-0.2, 0) is 22.2 Å². The molecule has 22 heavy (non-hydrogen) atoms. The van der Waals surface area contributed by atoms with Crippen LogP contribution in [0.3, 0.4) is 0 Å². The van der Waals surface area contributed by atoms with Gasteiger partial charge >= 0.3 is 0 Å². The molecule has 0 bridgehead atoms. The highest BCUT2D eigenvalue weighted by atomic mass is 32.2. The molecule has 3 N–H and O–H groups in total. The van der Waals surface area contributed by atoms with E-state index in [1.54, 1.807) is 30.5 Å². The standard InChI is InChI=1S/C14H17N3O3S2/c1-2-3-13-16-8-12(21-13)14(18)17-11-6-4-10(5-7-11)9-22(15,19)20/h4-8H,2-3,9H2,1H3,(H,17,18)(H2,15,19,20). The summed E-state index contributed by atoms with van der Waals surface area (Å²) >= 11 is 1.38. The second-order valence-electron chi connectivity index (χ2n) is 4.83. The summed E-state index contributed by atoms with van der Waals surface area (Å²) in [6.45, 7) is 2.06. The third-order valence-electron chi connectivity index (χ3n) is 2.82. The predicted molar refractivity (Wildman–Crippen MR) is 87.3 cm³/mol. The number of nitrogens with one attached hydrogen (secondary N) is 1. The molecule has 1 aromatic carbocycles. The normalized spacial score (nSPS) is 11.4. The molecule has 2 aromatic rings. The van der Waals surface area contributed by atoms with Crippen molar-refractivity contribution in [3.05, 3.63) is 45.9 Å². The number of thiazole rings is 1. The molecular weight excluding hydrogens is 322 g/mol. The lowest BCUT2D eigenvalue weighted by Gasteiger charge is -2.05. The zero-order valence-electron chi connectivity index (χ0n) is 12.1. The smallest absolute Gasteiger partial charge is 0.267 e. The largest absolute Gasteiger partial charge is 0.321 e. The SMILES string of the molecule is CCCc1ncc(C(=O)Nc2ccc(CS(N)(=O)=O)cc2)s1. The maximum absolute atomic E-state index is 12.1. The fourth-order valence-electron chi connectivity index (χ4n) is 1.85. The number of aryl methyl sites for hydroxylation is 1. The van der Waals surface area contributed by atoms with Gasteiger partial charge in [-0.1, -0.05) is 19.1 Å². The Balaban J connectivity index is 2.02. The van der Waals surface area contributed by atoms with Gasteiger partial charge in [0.15, 0.2) is 0 Å². The molecule has 0 aliphatic heterocycles. The van der Waals surface area contributed by atoms with Crippen LogP contribution in [-0.4, -0.2) is 19.3 Å². The van der Waals surface area contributed by atoms with Crippen molar-refractivity contribution < 1.29 is 13.2 Å². The molecule has 0 unspecified atom stereocenters. The van der Waals surface area contributed by atoms with Crippen molar-refractivity contribution in [2.45, 2.75) is 25.5 Å². The average molecular weight is 339 g/mol. The minimum absolute atomic E-state index is 0.223. The number of nitrogens with two attached hydrogens (primary N) is 1. The van der Waals surface area contributed by atoms with Crippen LogP contribution in [0.5, 0.6) is 0 Å². The highest BCUT2D eigenvalue weighted by molar-refractivity contribution is 7.88. The van der Waals surface area contributed by atoms with E-state index in [1.165, 1.54) is 11.3 Å². The molecule has 0 atom stereocenters. The monoisotopic (exact) mass is 339 g/mol. The van der Waals surface area contributed by atoms with E-state index in [-0.39, 0.29) is 11.7 Å². The van der Waals surface area contributed by atoms with E-state index in [0.717, 1.165) is 17.8 Å². The number of primary sulfonamides is 1. The molecular formula is C14H17N3O3S2. The lowest BCUT2D eigenvalue weighted by molar-refractivity contribution is 0.103. The number of anilines is 1. The van der Waals surface area contributed by atoms with E-state index in [2.05, 4.69) is 17.2 Å². The molecule has 1 amide bonds. The molecule has 118 valence electrons. The lowest BCUT2D eigenvalue weighted by atomic mass is 10.2. The van der Waals surface area contributed by atoms with Gasteiger partial charge in [0.1, 0.15) is 4.88 Å². The van der Waals surface area contributed by atoms with E-state index in [0.29, 0.717) is 16.1 Å². The van der Waals surface area contributed by atoms with Gasteiger partial charge < -0.3 is 5.32 Å². The maximum Gasteiger partial charge on any atom is 0.267 e. The van der Waals surface area contributed by atoms with E-state index in [9.17, 15) is 13.2 Å². The molecule has 0 aliphatic rings. The number of hydrogen-bond donors (Lipinski definition) is 2. The molecule has 2 rings (SSSR count). The summed E-state index contributed by atoms with van der Waals surface area (Å²) in [5, 5.41) is 8.68. The minimum Gasteiger partial charge on any atom is -0.321 e. The topological polar surface area (TPSA) is 102 Å². The number of hydrogen-bond acceptors (Lipinski definition) is 5. The van der Waals surface area contributed by atoms with Gasteiger partial charge in [-0.2, -0.15) is 0 Å². The van der Waals surface area contributed by atoms with Crippen LogP contribution >= 0.6 is 11.3 Å². The maximum atomic E-state index is 12.1. The van der Waals surface area contributed by atoms with E-state index >= 15 is 0 Å². The summed E-state index contributed by atoms with van der Waals surface area (Å²) in [6.07, 6.45) is 3.42. The minimum atomic E-state index is -3.55. The van der Waals surface area contributed by atoms with Gasteiger partial charge in [-0.3, -0.25) is 4.79 Å². The Morgan fingerprint density at radius 2 is 2.00 bits per heavy atom. The Hall–Kier alpha value is -1.77. The lowest BCUT2D eigenvalue weighted by Crippen LogP contribution is -2.14. The van der Waals surface area contributed by atoms with Gasteiger partial charge in [-0.15, -0.1) is 11.3 Å². The van der Waals surface area contributed by atoms with E-state index < -0.39 is 10.0 Å². The quantitative estimate of drug-likeness (QED) is 0.841. The molecule has 8 heteroatoms. The Bertz CT molecular complexity index is 752. The van der Waals surface area contributed by atoms with Crippen molar-refractivity contribution in [2.24, 2.45) is 5.14 Å². The van der Waals surface area contributed by atoms with Gasteiger partial charge in [-0.05, 0) is 30.5 Å². The molecule has 0 fully saturated rings. The van der Waals surface area contributed by atoms with Crippen LogP contribution in [0.1, 0.15) is 33.6 Å². The average Bonchev–Trinajstić information content (AvgIpc) is 2.88. The Morgan fingerprint density at radius 1 is 1.32 bits per heavy atom. The van der Waals surface area contributed by atoms with Gasteiger partial charge in [-0.25, -0.2) is 18.5 Å². The number of carbonyl (C=O) groups excluding carboxylic acids is 1. The van der Waals surface area contributed by atoms with Crippen LogP contribution < -0.4 is 10.5 Å². The summed E-state index contributed by atoms with van der Waals surface area (Å²) in [5.74, 6) is -0.449. The van der Waals surface area contributed by atoms with Crippen molar-refractivity contribution in [3.63, 3.8) is 0 Å². The first-order chi connectivity index (χ1) is 10.4. The van der Waals surface area contributed by atoms with Crippen LogP contribution in [0, 0.1) is 0 Å². The highest BCUT2D eigenvalue weighted by Gasteiger charge is 2.11. The fraction of sp³-hybridized carbons (Fsp3) is 0.286. The molecule has 0 saturated heterocycles. The highest BCUT2D eigenvalue weighted by Crippen LogP contribution is 2.17. The number of rotatable bonds is 6. The molecule has 0 saturated carbocycles. The zero-order valence-corrected chi connectivity index (χ0v) is 13.7. The summed E-state index contributed by atoms with van der Waals surface area (Å²) in [7, 11) is -3.55. The molecule has 6 nitrogen and oxygen atoms in total. The van der Waals surface area contributed by atoms with Gasteiger partial charge in [0, 0.05) is 5.69 Å².